The van der Waals surface area contributed by atoms with E-state index in [1.165, 1.54) is 0 Å². The maximum absolute atomic E-state index is 11.3. The normalized spacial score (nSPS) is 11.3. The minimum atomic E-state index is -0.304. The van der Waals surface area contributed by atoms with Gasteiger partial charge in [-0.15, -0.1) is 0 Å². The summed E-state index contributed by atoms with van der Waals surface area (Å²) in [5.74, 6) is -0.304. The van der Waals surface area contributed by atoms with Gasteiger partial charge in [0.1, 0.15) is 11.4 Å². The molecule has 17 heavy (non-hydrogen) atoms. The van der Waals surface area contributed by atoms with Crippen LogP contribution in [0.5, 0.6) is 0 Å². The molecule has 0 saturated heterocycles. The first-order valence-electron chi connectivity index (χ1n) is 5.75. The molecule has 0 aliphatic heterocycles. The zero-order valence-electron chi connectivity index (χ0n) is 10.2. The number of oxime groups is 1. The number of nitrogens with zero attached hydrogens (tertiary/aromatic N) is 3. The lowest BCUT2D eigenvalue weighted by Gasteiger charge is -1.99. The maximum Gasteiger partial charge on any atom is 0.335 e. The molecule has 92 valence electrons. The van der Waals surface area contributed by atoms with Crippen LogP contribution in [0.1, 0.15) is 45.2 Å². The Balaban J connectivity index is 2.40. The van der Waals surface area contributed by atoms with E-state index in [1.807, 2.05) is 0 Å². The molecule has 0 fully saturated rings. The smallest absolute Gasteiger partial charge is 0.318 e. The van der Waals surface area contributed by atoms with Gasteiger partial charge in [0, 0.05) is 18.8 Å². The van der Waals surface area contributed by atoms with Gasteiger partial charge in [0.25, 0.3) is 0 Å². The predicted octanol–water partition coefficient (Wildman–Crippen LogP) is 2.32. The second kappa shape index (κ2) is 7.49. The summed E-state index contributed by atoms with van der Waals surface area (Å²) in [6, 6.07) is 0. The van der Waals surface area contributed by atoms with Crippen molar-refractivity contribution in [3.05, 3.63) is 24.3 Å². The van der Waals surface area contributed by atoms with E-state index in [0.717, 1.165) is 19.3 Å². The van der Waals surface area contributed by atoms with Crippen molar-refractivity contribution in [1.29, 1.82) is 0 Å². The average molecular weight is 235 g/mol. The van der Waals surface area contributed by atoms with Crippen LogP contribution in [-0.4, -0.2) is 21.6 Å². The summed E-state index contributed by atoms with van der Waals surface area (Å²) in [6.45, 7) is 3.81. The van der Waals surface area contributed by atoms with Crippen LogP contribution >= 0.6 is 0 Å². The van der Waals surface area contributed by atoms with Crippen molar-refractivity contribution in [2.75, 3.05) is 0 Å². The highest BCUT2D eigenvalue weighted by Crippen LogP contribution is 2.01. The summed E-state index contributed by atoms with van der Waals surface area (Å²) in [4.78, 5) is 24.0. The number of hydrogen-bond donors (Lipinski definition) is 0. The first-order chi connectivity index (χ1) is 8.24. The van der Waals surface area contributed by atoms with Crippen molar-refractivity contribution in [2.24, 2.45) is 5.16 Å². The van der Waals surface area contributed by atoms with Gasteiger partial charge in [0.15, 0.2) is 0 Å². The minimum absolute atomic E-state index is 0.304. The van der Waals surface area contributed by atoms with Gasteiger partial charge in [-0.1, -0.05) is 24.9 Å². The highest BCUT2D eigenvalue weighted by molar-refractivity contribution is 5.96. The quantitative estimate of drug-likeness (QED) is 0.328. The summed E-state index contributed by atoms with van der Waals surface area (Å²) in [6.07, 6.45) is 8.08. The second-order valence-electron chi connectivity index (χ2n) is 3.69. The van der Waals surface area contributed by atoms with Crippen molar-refractivity contribution < 1.29 is 9.63 Å². The van der Waals surface area contributed by atoms with E-state index < -0.39 is 0 Å². The van der Waals surface area contributed by atoms with Gasteiger partial charge in [-0.2, -0.15) is 0 Å². The van der Waals surface area contributed by atoms with E-state index in [2.05, 4.69) is 22.0 Å². The number of aromatic nitrogens is 2. The molecule has 0 radical (unpaired) electrons. The molecule has 0 bridgehead atoms. The second-order valence-corrected chi connectivity index (χ2v) is 3.69. The van der Waals surface area contributed by atoms with Crippen LogP contribution in [0.3, 0.4) is 0 Å². The third-order valence-electron chi connectivity index (χ3n) is 2.20. The van der Waals surface area contributed by atoms with Crippen LogP contribution < -0.4 is 0 Å². The number of hydrogen-bond acceptors (Lipinski definition) is 5. The molecular weight excluding hydrogens is 218 g/mol. The molecule has 0 N–H and O–H groups in total. The molecule has 0 unspecified atom stereocenters. The summed E-state index contributed by atoms with van der Waals surface area (Å²) in [5, 5.41) is 3.74. The Morgan fingerprint density at radius 3 is 2.88 bits per heavy atom. The summed E-state index contributed by atoms with van der Waals surface area (Å²) < 4.78 is 0. The number of carbonyl (C=O) groups is 1. The Labute approximate surface area is 101 Å². The summed E-state index contributed by atoms with van der Waals surface area (Å²) >= 11 is 0. The van der Waals surface area contributed by atoms with Gasteiger partial charge in [-0.3, -0.25) is 9.97 Å². The van der Waals surface area contributed by atoms with Crippen molar-refractivity contribution in [3.8, 4) is 0 Å². The Morgan fingerprint density at radius 2 is 2.24 bits per heavy atom. The van der Waals surface area contributed by atoms with E-state index in [-0.39, 0.29) is 5.97 Å². The number of rotatable bonds is 6. The van der Waals surface area contributed by atoms with Crippen LogP contribution in [0.15, 0.2) is 23.7 Å². The van der Waals surface area contributed by atoms with E-state index in [1.54, 1.807) is 25.5 Å². The molecule has 5 heteroatoms. The van der Waals surface area contributed by atoms with Gasteiger partial charge < -0.3 is 4.84 Å². The fourth-order valence-corrected chi connectivity index (χ4v) is 1.22. The molecule has 0 aliphatic carbocycles. The van der Waals surface area contributed by atoms with E-state index in [0.29, 0.717) is 17.8 Å². The molecule has 0 amide bonds. The van der Waals surface area contributed by atoms with E-state index in [9.17, 15) is 4.79 Å². The topological polar surface area (TPSA) is 64.4 Å². The standard InChI is InChI=1S/C12H17N3O2/c1-3-4-5-6-12(16)17-15-10(2)11-9-13-7-8-14-11/h7-9H,3-6H2,1-2H3/b15-10+. The SMILES string of the molecule is CCCCCC(=O)O/N=C(\C)c1cnccn1. The van der Waals surface area contributed by atoms with E-state index in [4.69, 9.17) is 4.84 Å². The lowest BCUT2D eigenvalue weighted by atomic mass is 10.2. The Bertz CT molecular complexity index is 377. The van der Waals surface area contributed by atoms with Gasteiger partial charge in [0.05, 0.1) is 6.20 Å². The molecule has 0 atom stereocenters. The van der Waals surface area contributed by atoms with Crippen molar-refractivity contribution in [1.82, 2.24) is 9.97 Å². The fourth-order valence-electron chi connectivity index (χ4n) is 1.22. The Morgan fingerprint density at radius 1 is 1.41 bits per heavy atom. The predicted molar refractivity (Wildman–Crippen MR) is 64.5 cm³/mol. The van der Waals surface area contributed by atoms with Crippen LogP contribution in [0.2, 0.25) is 0 Å². The molecule has 5 nitrogen and oxygen atoms in total. The monoisotopic (exact) mass is 235 g/mol. The van der Waals surface area contributed by atoms with Crippen molar-refractivity contribution in [2.45, 2.75) is 39.5 Å². The Kier molecular flexibility index (Phi) is 5.85. The van der Waals surface area contributed by atoms with Crippen molar-refractivity contribution >= 4 is 11.7 Å². The highest BCUT2D eigenvalue weighted by Gasteiger charge is 2.04. The first-order valence-corrected chi connectivity index (χ1v) is 5.75. The van der Waals surface area contributed by atoms with Crippen LogP contribution in [0.25, 0.3) is 0 Å². The zero-order valence-corrected chi connectivity index (χ0v) is 10.2. The van der Waals surface area contributed by atoms with Gasteiger partial charge in [-0.25, -0.2) is 4.79 Å². The maximum atomic E-state index is 11.3. The molecular formula is C12H17N3O2. The van der Waals surface area contributed by atoms with E-state index >= 15 is 0 Å². The van der Waals surface area contributed by atoms with Crippen LogP contribution in [0, 0.1) is 0 Å². The highest BCUT2D eigenvalue weighted by atomic mass is 16.7. The van der Waals surface area contributed by atoms with Gasteiger partial charge in [0.2, 0.25) is 0 Å². The van der Waals surface area contributed by atoms with Crippen LogP contribution in [0.4, 0.5) is 0 Å². The molecule has 1 aromatic heterocycles. The third-order valence-corrected chi connectivity index (χ3v) is 2.20. The molecule has 0 spiro atoms. The summed E-state index contributed by atoms with van der Waals surface area (Å²) in [7, 11) is 0. The third kappa shape index (κ3) is 5.19. The average Bonchev–Trinajstić information content (AvgIpc) is 2.37. The zero-order chi connectivity index (χ0) is 12.5. The van der Waals surface area contributed by atoms with Crippen LogP contribution in [-0.2, 0) is 9.63 Å². The summed E-state index contributed by atoms with van der Waals surface area (Å²) in [5.41, 5.74) is 1.15. The molecule has 0 saturated carbocycles. The minimum Gasteiger partial charge on any atom is -0.318 e. The van der Waals surface area contributed by atoms with Crippen molar-refractivity contribution in [3.63, 3.8) is 0 Å². The Hall–Kier alpha value is -1.78. The molecule has 0 aliphatic rings. The molecule has 0 aromatic carbocycles. The number of unbranched alkanes of at least 4 members (excludes halogenated alkanes) is 2. The molecule has 1 heterocycles. The largest absolute Gasteiger partial charge is 0.335 e. The van der Waals surface area contributed by atoms with Gasteiger partial charge >= 0.3 is 5.97 Å². The molecule has 1 rings (SSSR count). The van der Waals surface area contributed by atoms with Gasteiger partial charge in [-0.05, 0) is 13.3 Å². The lowest BCUT2D eigenvalue weighted by Crippen LogP contribution is -2.04. The number of carbonyl (C=O) groups excluding carboxylic acids is 1. The fraction of sp³-hybridized carbons (Fsp3) is 0.500. The first kappa shape index (κ1) is 13.3. The lowest BCUT2D eigenvalue weighted by molar-refractivity contribution is -0.143. The molecule has 1 aromatic rings.